The molecule has 0 spiro atoms. The van der Waals surface area contributed by atoms with Crippen LogP contribution >= 0.6 is 11.6 Å². The molecule has 0 atom stereocenters. The number of carbonyl (C=O) groups is 1. The van der Waals surface area contributed by atoms with E-state index < -0.39 is 5.92 Å². The molecular formula is C26H22ClNO2. The molecule has 0 radical (unpaired) electrons. The predicted octanol–water partition coefficient (Wildman–Crippen LogP) is 6.29. The first-order valence-corrected chi connectivity index (χ1v) is 10.2. The Morgan fingerprint density at radius 2 is 1.37 bits per heavy atom. The largest absolute Gasteiger partial charge is 0.467 e. The lowest BCUT2D eigenvalue weighted by Crippen LogP contribution is -2.34. The van der Waals surface area contributed by atoms with Crippen molar-refractivity contribution in [3.05, 3.63) is 131 Å². The molecular weight excluding hydrogens is 394 g/mol. The fraction of sp³-hybridized carbons (Fsp3) is 0.115. The molecule has 30 heavy (non-hydrogen) atoms. The van der Waals surface area contributed by atoms with Gasteiger partial charge in [0.25, 0.3) is 0 Å². The van der Waals surface area contributed by atoms with Crippen LogP contribution in [0, 0.1) is 0 Å². The molecule has 150 valence electrons. The normalized spacial score (nSPS) is 10.9. The highest BCUT2D eigenvalue weighted by molar-refractivity contribution is 6.30. The highest BCUT2D eigenvalue weighted by atomic mass is 35.5. The van der Waals surface area contributed by atoms with E-state index >= 15 is 0 Å². The molecule has 0 aliphatic heterocycles. The summed E-state index contributed by atoms with van der Waals surface area (Å²) in [6.45, 7) is 0.859. The summed E-state index contributed by atoms with van der Waals surface area (Å²) < 4.78 is 5.55. The van der Waals surface area contributed by atoms with E-state index in [-0.39, 0.29) is 5.91 Å². The second-order valence-corrected chi connectivity index (χ2v) is 7.59. The number of rotatable bonds is 7. The van der Waals surface area contributed by atoms with Crippen LogP contribution in [-0.2, 0) is 17.9 Å². The molecule has 0 saturated carbocycles. The fourth-order valence-electron chi connectivity index (χ4n) is 3.56. The van der Waals surface area contributed by atoms with Crippen molar-refractivity contribution in [1.29, 1.82) is 0 Å². The third-order valence-electron chi connectivity index (χ3n) is 5.04. The Labute approximate surface area is 181 Å². The average molecular weight is 416 g/mol. The second-order valence-electron chi connectivity index (χ2n) is 7.15. The van der Waals surface area contributed by atoms with Crippen molar-refractivity contribution in [2.24, 2.45) is 0 Å². The van der Waals surface area contributed by atoms with E-state index in [1.165, 1.54) is 0 Å². The van der Waals surface area contributed by atoms with Crippen molar-refractivity contribution in [2.75, 3.05) is 0 Å². The summed E-state index contributed by atoms with van der Waals surface area (Å²) in [6, 6.07) is 31.1. The van der Waals surface area contributed by atoms with Gasteiger partial charge in [-0.3, -0.25) is 4.79 Å². The van der Waals surface area contributed by atoms with Gasteiger partial charge in [0.05, 0.1) is 18.7 Å². The molecule has 1 heterocycles. The van der Waals surface area contributed by atoms with Crippen molar-refractivity contribution >= 4 is 17.5 Å². The van der Waals surface area contributed by atoms with Gasteiger partial charge in [0.2, 0.25) is 5.91 Å². The van der Waals surface area contributed by atoms with Gasteiger partial charge in [0, 0.05) is 11.6 Å². The molecule has 0 aliphatic carbocycles. The van der Waals surface area contributed by atoms with Crippen LogP contribution in [-0.4, -0.2) is 10.8 Å². The van der Waals surface area contributed by atoms with Crippen LogP contribution in [0.5, 0.6) is 0 Å². The molecule has 3 aromatic carbocycles. The van der Waals surface area contributed by atoms with Crippen LogP contribution in [0.4, 0.5) is 0 Å². The van der Waals surface area contributed by atoms with E-state index in [2.05, 4.69) is 0 Å². The quantitative estimate of drug-likeness (QED) is 0.355. The Kier molecular flexibility index (Phi) is 6.31. The zero-order chi connectivity index (χ0) is 20.8. The van der Waals surface area contributed by atoms with E-state index in [1.807, 2.05) is 102 Å². The topological polar surface area (TPSA) is 33.5 Å². The van der Waals surface area contributed by atoms with Crippen LogP contribution in [0.25, 0.3) is 0 Å². The van der Waals surface area contributed by atoms with E-state index in [1.54, 1.807) is 6.26 Å². The second kappa shape index (κ2) is 9.47. The molecule has 1 amide bonds. The maximum absolute atomic E-state index is 13.9. The highest BCUT2D eigenvalue weighted by Gasteiger charge is 2.28. The summed E-state index contributed by atoms with van der Waals surface area (Å²) in [5.74, 6) is 0.380. The summed E-state index contributed by atoms with van der Waals surface area (Å²) in [4.78, 5) is 15.7. The van der Waals surface area contributed by atoms with E-state index in [0.29, 0.717) is 18.1 Å². The first-order valence-electron chi connectivity index (χ1n) is 9.86. The smallest absolute Gasteiger partial charge is 0.235 e. The summed E-state index contributed by atoms with van der Waals surface area (Å²) in [6.07, 6.45) is 1.63. The summed E-state index contributed by atoms with van der Waals surface area (Å²) in [7, 11) is 0. The Hall–Kier alpha value is -3.30. The number of carbonyl (C=O) groups excluding carboxylic acids is 1. The van der Waals surface area contributed by atoms with Crippen molar-refractivity contribution in [1.82, 2.24) is 4.90 Å². The molecule has 0 fully saturated rings. The molecule has 0 saturated heterocycles. The van der Waals surface area contributed by atoms with Crippen molar-refractivity contribution in [3.8, 4) is 0 Å². The lowest BCUT2D eigenvalue weighted by Gasteiger charge is -2.27. The van der Waals surface area contributed by atoms with Crippen molar-refractivity contribution in [3.63, 3.8) is 0 Å². The van der Waals surface area contributed by atoms with Crippen LogP contribution in [0.15, 0.2) is 108 Å². The minimum atomic E-state index is -0.394. The number of furan rings is 1. The number of hydrogen-bond donors (Lipinski definition) is 0. The number of amides is 1. The van der Waals surface area contributed by atoms with Gasteiger partial charge in [-0.25, -0.2) is 0 Å². The third-order valence-corrected chi connectivity index (χ3v) is 5.29. The van der Waals surface area contributed by atoms with Crippen molar-refractivity contribution in [2.45, 2.75) is 19.0 Å². The van der Waals surface area contributed by atoms with Gasteiger partial charge >= 0.3 is 0 Å². The lowest BCUT2D eigenvalue weighted by atomic mass is 9.90. The Bertz CT molecular complexity index is 1020. The minimum absolute atomic E-state index is 0.0266. The molecule has 0 bridgehead atoms. The maximum atomic E-state index is 13.9. The fourth-order valence-corrected chi connectivity index (χ4v) is 3.69. The monoisotopic (exact) mass is 415 g/mol. The van der Waals surface area contributed by atoms with Gasteiger partial charge in [-0.2, -0.15) is 0 Å². The van der Waals surface area contributed by atoms with Gasteiger partial charge < -0.3 is 9.32 Å². The lowest BCUT2D eigenvalue weighted by molar-refractivity contribution is -0.133. The summed E-state index contributed by atoms with van der Waals surface area (Å²) >= 11 is 6.04. The summed E-state index contributed by atoms with van der Waals surface area (Å²) in [5.41, 5.74) is 2.95. The van der Waals surface area contributed by atoms with E-state index in [4.69, 9.17) is 16.0 Å². The zero-order valence-corrected chi connectivity index (χ0v) is 17.2. The Morgan fingerprint density at radius 1 is 0.767 bits per heavy atom. The molecule has 4 heteroatoms. The molecule has 4 aromatic rings. The Balaban J connectivity index is 1.70. The van der Waals surface area contributed by atoms with Crippen LogP contribution in [0.1, 0.15) is 28.4 Å². The van der Waals surface area contributed by atoms with Gasteiger partial charge in [0.1, 0.15) is 5.76 Å². The minimum Gasteiger partial charge on any atom is -0.467 e. The molecule has 3 nitrogen and oxygen atoms in total. The molecule has 0 N–H and O–H groups in total. The van der Waals surface area contributed by atoms with Crippen LogP contribution < -0.4 is 0 Å². The van der Waals surface area contributed by atoms with Gasteiger partial charge in [-0.1, -0.05) is 84.4 Å². The molecule has 0 aliphatic rings. The van der Waals surface area contributed by atoms with Crippen LogP contribution in [0.2, 0.25) is 5.02 Å². The van der Waals surface area contributed by atoms with Gasteiger partial charge in [-0.15, -0.1) is 0 Å². The SMILES string of the molecule is O=C(C(c1ccccc1)c1ccccc1)N(Cc1ccc(Cl)cc1)Cc1ccco1. The van der Waals surface area contributed by atoms with Gasteiger partial charge in [0.15, 0.2) is 0 Å². The Morgan fingerprint density at radius 3 is 1.90 bits per heavy atom. The van der Waals surface area contributed by atoms with Crippen LogP contribution in [0.3, 0.4) is 0 Å². The first kappa shape index (κ1) is 20.0. The number of benzene rings is 3. The number of hydrogen-bond acceptors (Lipinski definition) is 2. The number of halogens is 1. The standard InChI is InChI=1S/C26H22ClNO2/c27-23-15-13-20(14-16-23)18-28(19-24-12-7-17-30-24)26(29)25(21-8-3-1-4-9-21)22-10-5-2-6-11-22/h1-17,25H,18-19H2. The zero-order valence-electron chi connectivity index (χ0n) is 16.4. The maximum Gasteiger partial charge on any atom is 0.235 e. The highest BCUT2D eigenvalue weighted by Crippen LogP contribution is 2.28. The third kappa shape index (κ3) is 4.81. The van der Waals surface area contributed by atoms with E-state index in [9.17, 15) is 4.79 Å². The summed E-state index contributed by atoms with van der Waals surface area (Å²) in [5, 5.41) is 0.675. The van der Waals surface area contributed by atoms with E-state index in [0.717, 1.165) is 22.5 Å². The molecule has 1 aromatic heterocycles. The average Bonchev–Trinajstić information content (AvgIpc) is 3.30. The molecule has 4 rings (SSSR count). The molecule has 0 unspecified atom stereocenters. The first-order chi connectivity index (χ1) is 14.7. The van der Waals surface area contributed by atoms with Crippen molar-refractivity contribution < 1.29 is 9.21 Å². The van der Waals surface area contributed by atoms with Gasteiger partial charge in [-0.05, 0) is 41.0 Å². The number of nitrogens with zero attached hydrogens (tertiary/aromatic N) is 1. The predicted molar refractivity (Wildman–Crippen MR) is 119 cm³/mol.